The topological polar surface area (TPSA) is 93.4 Å². The number of carbonyl (C=O) groups is 1. The summed E-state index contributed by atoms with van der Waals surface area (Å²) in [4.78, 5) is 19.1. The first-order chi connectivity index (χ1) is 13.5. The molecular formula is C20H25N3O4S. The van der Waals surface area contributed by atoms with Crippen molar-refractivity contribution in [3.8, 4) is 0 Å². The van der Waals surface area contributed by atoms with Crippen LogP contribution in [0.1, 0.15) is 49.7 Å². The van der Waals surface area contributed by atoms with Crippen LogP contribution in [0.2, 0.25) is 0 Å². The molecule has 4 rings (SSSR count). The molecule has 2 aliphatic rings. The highest BCUT2D eigenvalue weighted by molar-refractivity contribution is 7.91. The molecule has 1 amide bonds. The van der Waals surface area contributed by atoms with Crippen LogP contribution < -0.4 is 0 Å². The first-order valence-corrected chi connectivity index (χ1v) is 11.5. The summed E-state index contributed by atoms with van der Waals surface area (Å²) in [6.07, 6.45) is 4.87. The summed E-state index contributed by atoms with van der Waals surface area (Å²) < 4.78 is 30.1. The minimum Gasteiger partial charge on any atom is -0.342 e. The largest absolute Gasteiger partial charge is 0.342 e. The van der Waals surface area contributed by atoms with Crippen LogP contribution in [0, 0.1) is 5.92 Å². The van der Waals surface area contributed by atoms with Crippen LogP contribution in [-0.4, -0.2) is 48.2 Å². The van der Waals surface area contributed by atoms with Crippen molar-refractivity contribution in [3.63, 3.8) is 0 Å². The Morgan fingerprint density at radius 1 is 1.18 bits per heavy atom. The van der Waals surface area contributed by atoms with Gasteiger partial charge in [0.25, 0.3) is 0 Å². The van der Waals surface area contributed by atoms with E-state index in [2.05, 4.69) is 10.1 Å². The number of likely N-dealkylation sites (tertiary alicyclic amines) is 1. The molecule has 2 heterocycles. The molecule has 2 fully saturated rings. The van der Waals surface area contributed by atoms with Crippen molar-refractivity contribution in [2.45, 2.75) is 49.3 Å². The van der Waals surface area contributed by atoms with E-state index in [9.17, 15) is 13.2 Å². The molecule has 1 atom stereocenters. The summed E-state index contributed by atoms with van der Waals surface area (Å²) in [5, 5.41) is 4.05. The van der Waals surface area contributed by atoms with Gasteiger partial charge in [0.05, 0.1) is 10.6 Å². The monoisotopic (exact) mass is 403 g/mol. The van der Waals surface area contributed by atoms with Crippen LogP contribution >= 0.6 is 0 Å². The number of hydrogen-bond donors (Lipinski definition) is 0. The molecular weight excluding hydrogens is 378 g/mol. The third kappa shape index (κ3) is 4.60. The molecule has 150 valence electrons. The summed E-state index contributed by atoms with van der Waals surface area (Å²) in [5.74, 6) is 1.93. The van der Waals surface area contributed by atoms with E-state index >= 15 is 0 Å². The zero-order valence-corrected chi connectivity index (χ0v) is 16.6. The second-order valence-corrected chi connectivity index (χ2v) is 9.86. The Morgan fingerprint density at radius 3 is 2.71 bits per heavy atom. The lowest BCUT2D eigenvalue weighted by atomic mass is 9.94. The number of carbonyl (C=O) groups excluding carboxylic acids is 1. The molecule has 0 spiro atoms. The highest BCUT2D eigenvalue weighted by Crippen LogP contribution is 2.38. The predicted molar refractivity (Wildman–Crippen MR) is 102 cm³/mol. The van der Waals surface area contributed by atoms with E-state index in [1.165, 1.54) is 0 Å². The summed E-state index contributed by atoms with van der Waals surface area (Å²) in [5.41, 5.74) is 0. The van der Waals surface area contributed by atoms with Gasteiger partial charge in [-0.1, -0.05) is 23.4 Å². The summed E-state index contributed by atoms with van der Waals surface area (Å²) in [6, 6.07) is 8.29. The Bertz CT molecular complexity index is 922. The molecule has 7 nitrogen and oxygen atoms in total. The van der Waals surface area contributed by atoms with E-state index in [1.54, 1.807) is 35.2 Å². The fourth-order valence-electron chi connectivity index (χ4n) is 3.69. The van der Waals surface area contributed by atoms with E-state index in [0.29, 0.717) is 31.3 Å². The lowest BCUT2D eigenvalue weighted by Crippen LogP contribution is -2.41. The SMILES string of the molecule is O=C(CCS(=O)(=O)c1ccccc1)N1CCCC(Cc2nc(C3CC3)no2)C1. The molecule has 0 N–H and O–H groups in total. The number of benzene rings is 1. The normalized spacial score (nSPS) is 20.3. The van der Waals surface area contributed by atoms with Gasteiger partial charge in [0, 0.05) is 31.8 Å². The Hall–Kier alpha value is -2.22. The molecule has 1 aliphatic heterocycles. The summed E-state index contributed by atoms with van der Waals surface area (Å²) >= 11 is 0. The summed E-state index contributed by atoms with van der Waals surface area (Å²) in [6.45, 7) is 1.29. The van der Waals surface area contributed by atoms with Gasteiger partial charge in [0.1, 0.15) is 0 Å². The van der Waals surface area contributed by atoms with Gasteiger partial charge in [-0.15, -0.1) is 0 Å². The number of rotatable bonds is 7. The molecule has 1 aromatic heterocycles. The minimum atomic E-state index is -3.44. The van der Waals surface area contributed by atoms with Gasteiger partial charge >= 0.3 is 0 Å². The maximum Gasteiger partial charge on any atom is 0.226 e. The predicted octanol–water partition coefficient (Wildman–Crippen LogP) is 2.59. The minimum absolute atomic E-state index is 0.0103. The van der Waals surface area contributed by atoms with E-state index in [1.807, 2.05) is 0 Å². The first kappa shape index (κ1) is 19.1. The quantitative estimate of drug-likeness (QED) is 0.705. The van der Waals surface area contributed by atoms with Crippen LogP contribution in [0.15, 0.2) is 39.8 Å². The van der Waals surface area contributed by atoms with Crippen molar-refractivity contribution in [2.75, 3.05) is 18.8 Å². The maximum atomic E-state index is 12.6. The van der Waals surface area contributed by atoms with Crippen LogP contribution in [0.4, 0.5) is 0 Å². The van der Waals surface area contributed by atoms with Crippen molar-refractivity contribution in [3.05, 3.63) is 42.0 Å². The van der Waals surface area contributed by atoms with Gasteiger partial charge in [-0.2, -0.15) is 4.98 Å². The van der Waals surface area contributed by atoms with E-state index < -0.39 is 9.84 Å². The third-order valence-corrected chi connectivity index (χ3v) is 7.18. The van der Waals surface area contributed by atoms with Crippen LogP contribution in [0.3, 0.4) is 0 Å². The van der Waals surface area contributed by atoms with Crippen molar-refractivity contribution in [1.29, 1.82) is 0 Å². The standard InChI is InChI=1S/C20H25N3O4S/c24-19(10-12-28(25,26)17-6-2-1-3-7-17)23-11-4-5-15(14-23)13-18-21-20(22-27-18)16-8-9-16/h1-3,6-7,15-16H,4-5,8-14H2. The number of piperidine rings is 1. The fourth-order valence-corrected chi connectivity index (χ4v) is 4.94. The van der Waals surface area contributed by atoms with Crippen molar-refractivity contribution >= 4 is 15.7 Å². The first-order valence-electron chi connectivity index (χ1n) is 9.89. The van der Waals surface area contributed by atoms with E-state index in [4.69, 9.17) is 4.52 Å². The third-order valence-electron chi connectivity index (χ3n) is 5.45. The number of hydrogen-bond acceptors (Lipinski definition) is 6. The Kier molecular flexibility index (Phi) is 5.48. The Morgan fingerprint density at radius 2 is 1.96 bits per heavy atom. The van der Waals surface area contributed by atoms with Gasteiger partial charge < -0.3 is 9.42 Å². The van der Waals surface area contributed by atoms with Crippen molar-refractivity contribution in [1.82, 2.24) is 15.0 Å². The van der Waals surface area contributed by atoms with Gasteiger partial charge in [-0.25, -0.2) is 8.42 Å². The zero-order valence-electron chi connectivity index (χ0n) is 15.8. The van der Waals surface area contributed by atoms with Gasteiger partial charge in [0.15, 0.2) is 15.7 Å². The average Bonchev–Trinajstić information content (AvgIpc) is 3.46. The molecule has 2 aromatic rings. The molecule has 28 heavy (non-hydrogen) atoms. The van der Waals surface area contributed by atoms with Crippen LogP contribution in [0.5, 0.6) is 0 Å². The number of sulfone groups is 1. The Balaban J connectivity index is 1.30. The highest BCUT2D eigenvalue weighted by atomic mass is 32.2. The second kappa shape index (κ2) is 8.03. The van der Waals surface area contributed by atoms with E-state index in [-0.39, 0.29) is 28.9 Å². The molecule has 1 aromatic carbocycles. The van der Waals surface area contributed by atoms with Crippen LogP contribution in [0.25, 0.3) is 0 Å². The van der Waals surface area contributed by atoms with Crippen molar-refractivity contribution in [2.24, 2.45) is 5.92 Å². The van der Waals surface area contributed by atoms with Crippen molar-refractivity contribution < 1.29 is 17.7 Å². The fraction of sp³-hybridized carbons (Fsp3) is 0.550. The molecule has 1 aliphatic carbocycles. The zero-order chi connectivity index (χ0) is 19.6. The van der Waals surface area contributed by atoms with Crippen LogP contribution in [-0.2, 0) is 21.1 Å². The molecule has 0 bridgehead atoms. The molecule has 0 radical (unpaired) electrons. The molecule has 1 saturated heterocycles. The van der Waals surface area contributed by atoms with Gasteiger partial charge in [-0.05, 0) is 43.7 Å². The lowest BCUT2D eigenvalue weighted by Gasteiger charge is -2.32. The van der Waals surface area contributed by atoms with E-state index in [0.717, 1.165) is 31.5 Å². The smallest absolute Gasteiger partial charge is 0.226 e. The van der Waals surface area contributed by atoms with Gasteiger partial charge in [0.2, 0.25) is 11.8 Å². The Labute approximate surface area is 165 Å². The maximum absolute atomic E-state index is 12.6. The lowest BCUT2D eigenvalue weighted by molar-refractivity contribution is -0.132. The highest BCUT2D eigenvalue weighted by Gasteiger charge is 2.30. The summed E-state index contributed by atoms with van der Waals surface area (Å²) in [7, 11) is -3.44. The average molecular weight is 404 g/mol. The number of aromatic nitrogens is 2. The second-order valence-electron chi connectivity index (χ2n) is 7.75. The molecule has 1 unspecified atom stereocenters. The molecule has 1 saturated carbocycles. The molecule has 8 heteroatoms. The number of nitrogens with zero attached hydrogens (tertiary/aromatic N) is 3. The van der Waals surface area contributed by atoms with Gasteiger partial charge in [-0.3, -0.25) is 4.79 Å². The number of amides is 1.